The first-order valence-electron chi connectivity index (χ1n) is 6.56. The summed E-state index contributed by atoms with van der Waals surface area (Å²) < 4.78 is 0. The maximum atomic E-state index is 12.2. The van der Waals surface area contributed by atoms with E-state index in [-0.39, 0.29) is 11.1 Å². The third-order valence-electron chi connectivity index (χ3n) is 3.13. The number of amides is 1. The number of nitrogens with zero attached hydrogens (tertiary/aromatic N) is 2. The van der Waals surface area contributed by atoms with Crippen LogP contribution in [-0.2, 0) is 4.79 Å². The molecule has 1 aromatic rings. The van der Waals surface area contributed by atoms with Crippen LogP contribution in [0, 0.1) is 23.7 Å². The van der Waals surface area contributed by atoms with E-state index >= 15 is 0 Å². The minimum atomic E-state index is -0.625. The van der Waals surface area contributed by atoms with Crippen LogP contribution in [-0.4, -0.2) is 39.2 Å². The predicted molar refractivity (Wildman–Crippen MR) is 80.8 cm³/mol. The maximum Gasteiger partial charge on any atom is 0.268 e. The molecule has 1 aromatic carbocycles. The number of aliphatic hydroxyl groups excluding tert-OH is 1. The Bertz CT molecular complexity index is 704. The van der Waals surface area contributed by atoms with Gasteiger partial charge in [0.2, 0.25) is 0 Å². The first-order valence-corrected chi connectivity index (χ1v) is 6.56. The molecule has 0 bridgehead atoms. The zero-order valence-electron chi connectivity index (χ0n) is 12.3. The number of phenols is 2. The van der Waals surface area contributed by atoms with Crippen molar-refractivity contribution in [1.82, 2.24) is 4.90 Å². The largest absolute Gasteiger partial charge is 0.506 e. The molecule has 1 amide bonds. The lowest BCUT2D eigenvalue weighted by Gasteiger charge is -2.18. The summed E-state index contributed by atoms with van der Waals surface area (Å²) >= 11 is 0. The standard InChI is InChI=1S/C16H16N2O4/c1-4-10-7-11(8-13(19)15(10)21)14(20)12(9-17)16(22)18(5-2)6-3/h1,7-8,19-21H,5-6H2,2-3H3/b14-12-. The Balaban J connectivity index is 3.47. The SMILES string of the molecule is C#Cc1cc(/C(O)=C(\C#N)C(=O)N(CC)CC)cc(O)c1O. The molecule has 0 aliphatic heterocycles. The van der Waals surface area contributed by atoms with Crippen molar-refractivity contribution in [2.45, 2.75) is 13.8 Å². The summed E-state index contributed by atoms with van der Waals surface area (Å²) in [7, 11) is 0. The summed E-state index contributed by atoms with van der Waals surface area (Å²) in [6.45, 7) is 4.25. The number of terminal acetylenes is 1. The Morgan fingerprint density at radius 2 is 1.91 bits per heavy atom. The van der Waals surface area contributed by atoms with Crippen LogP contribution in [0.2, 0.25) is 0 Å². The maximum absolute atomic E-state index is 12.2. The van der Waals surface area contributed by atoms with Crippen molar-refractivity contribution in [1.29, 1.82) is 5.26 Å². The average Bonchev–Trinajstić information content (AvgIpc) is 2.51. The van der Waals surface area contributed by atoms with Crippen molar-refractivity contribution >= 4 is 11.7 Å². The van der Waals surface area contributed by atoms with Gasteiger partial charge in [0, 0.05) is 18.7 Å². The van der Waals surface area contributed by atoms with Crippen LogP contribution >= 0.6 is 0 Å². The van der Waals surface area contributed by atoms with Crippen molar-refractivity contribution in [3.63, 3.8) is 0 Å². The Morgan fingerprint density at radius 1 is 1.32 bits per heavy atom. The second-order valence-electron chi connectivity index (χ2n) is 4.35. The molecule has 0 heterocycles. The Hall–Kier alpha value is -3.12. The van der Waals surface area contributed by atoms with E-state index in [0.717, 1.165) is 6.07 Å². The molecule has 0 spiro atoms. The molecule has 0 aliphatic rings. The fraction of sp³-hybridized carbons (Fsp3) is 0.250. The molecule has 0 fully saturated rings. The number of phenolic OH excluding ortho intramolecular Hbond substituents is 2. The van der Waals surface area contributed by atoms with Gasteiger partial charge in [-0.05, 0) is 26.0 Å². The smallest absolute Gasteiger partial charge is 0.268 e. The van der Waals surface area contributed by atoms with E-state index in [4.69, 9.17) is 11.7 Å². The fourth-order valence-corrected chi connectivity index (χ4v) is 1.88. The van der Waals surface area contributed by atoms with Gasteiger partial charge in [-0.15, -0.1) is 6.42 Å². The third kappa shape index (κ3) is 3.13. The second kappa shape index (κ2) is 7.05. The topological polar surface area (TPSA) is 105 Å². The summed E-state index contributed by atoms with van der Waals surface area (Å²) in [5.41, 5.74) is -0.550. The van der Waals surface area contributed by atoms with Gasteiger partial charge in [-0.1, -0.05) is 5.92 Å². The zero-order chi connectivity index (χ0) is 16.9. The normalized spacial score (nSPS) is 11.1. The van der Waals surface area contributed by atoms with Crippen molar-refractivity contribution in [2.75, 3.05) is 13.1 Å². The number of carbonyl (C=O) groups is 1. The third-order valence-corrected chi connectivity index (χ3v) is 3.13. The summed E-state index contributed by atoms with van der Waals surface area (Å²) in [4.78, 5) is 13.6. The lowest BCUT2D eigenvalue weighted by Crippen LogP contribution is -2.31. The number of hydrogen-bond donors (Lipinski definition) is 3. The molecule has 22 heavy (non-hydrogen) atoms. The van der Waals surface area contributed by atoms with Gasteiger partial charge >= 0.3 is 0 Å². The molecule has 0 radical (unpaired) electrons. The van der Waals surface area contributed by atoms with Gasteiger partial charge in [-0.25, -0.2) is 0 Å². The molecule has 0 atom stereocenters. The zero-order valence-corrected chi connectivity index (χ0v) is 12.3. The summed E-state index contributed by atoms with van der Waals surface area (Å²) in [6, 6.07) is 3.90. The monoisotopic (exact) mass is 300 g/mol. The van der Waals surface area contributed by atoms with Gasteiger partial charge < -0.3 is 20.2 Å². The number of hydrogen-bond acceptors (Lipinski definition) is 5. The van der Waals surface area contributed by atoms with Crippen LogP contribution in [0.3, 0.4) is 0 Å². The molecular formula is C16H16N2O4. The van der Waals surface area contributed by atoms with E-state index in [9.17, 15) is 20.1 Å². The fourth-order valence-electron chi connectivity index (χ4n) is 1.88. The van der Waals surface area contributed by atoms with Crippen molar-refractivity contribution in [3.05, 3.63) is 28.8 Å². The number of rotatable bonds is 4. The summed E-state index contributed by atoms with van der Waals surface area (Å²) in [5.74, 6) is -0.148. The van der Waals surface area contributed by atoms with Crippen LogP contribution < -0.4 is 0 Å². The number of nitriles is 1. The van der Waals surface area contributed by atoms with Gasteiger partial charge in [0.1, 0.15) is 11.8 Å². The van der Waals surface area contributed by atoms with Crippen LogP contribution in [0.25, 0.3) is 5.76 Å². The van der Waals surface area contributed by atoms with Crippen LogP contribution in [0.15, 0.2) is 17.7 Å². The first kappa shape index (κ1) is 16.9. The Morgan fingerprint density at radius 3 is 2.36 bits per heavy atom. The van der Waals surface area contributed by atoms with Gasteiger partial charge in [0.05, 0.1) is 5.56 Å². The lowest BCUT2D eigenvalue weighted by atomic mass is 10.0. The molecule has 6 nitrogen and oxygen atoms in total. The highest BCUT2D eigenvalue weighted by Crippen LogP contribution is 2.32. The van der Waals surface area contributed by atoms with E-state index < -0.39 is 28.7 Å². The quantitative estimate of drug-likeness (QED) is 0.258. The average molecular weight is 300 g/mol. The molecule has 0 aliphatic carbocycles. The molecule has 114 valence electrons. The molecule has 6 heteroatoms. The van der Waals surface area contributed by atoms with E-state index in [2.05, 4.69) is 5.92 Å². The van der Waals surface area contributed by atoms with Crippen molar-refractivity contribution in [2.24, 2.45) is 0 Å². The molecule has 0 unspecified atom stereocenters. The number of likely N-dealkylation sites (N-methyl/N-ethyl adjacent to an activating group) is 1. The Labute approximate surface area is 128 Å². The first-order chi connectivity index (χ1) is 10.4. The highest BCUT2D eigenvalue weighted by Gasteiger charge is 2.22. The minimum Gasteiger partial charge on any atom is -0.506 e. The molecule has 0 saturated carbocycles. The van der Waals surface area contributed by atoms with Gasteiger partial charge in [0.25, 0.3) is 5.91 Å². The molecular weight excluding hydrogens is 284 g/mol. The van der Waals surface area contributed by atoms with E-state index in [1.807, 2.05) is 0 Å². The number of benzene rings is 1. The number of aromatic hydroxyl groups is 2. The van der Waals surface area contributed by atoms with E-state index in [1.54, 1.807) is 19.9 Å². The van der Waals surface area contributed by atoms with Crippen molar-refractivity contribution in [3.8, 4) is 29.9 Å². The van der Waals surface area contributed by atoms with Crippen LogP contribution in [0.1, 0.15) is 25.0 Å². The second-order valence-corrected chi connectivity index (χ2v) is 4.35. The predicted octanol–water partition coefficient (Wildman–Crippen LogP) is 1.74. The van der Waals surface area contributed by atoms with E-state index in [1.165, 1.54) is 11.0 Å². The molecule has 0 saturated heterocycles. The van der Waals surface area contributed by atoms with Gasteiger partial charge in [-0.2, -0.15) is 5.26 Å². The number of aliphatic hydroxyl groups is 1. The molecule has 3 N–H and O–H groups in total. The summed E-state index contributed by atoms with van der Waals surface area (Å²) in [5, 5.41) is 38.5. The lowest BCUT2D eigenvalue weighted by molar-refractivity contribution is -0.126. The summed E-state index contributed by atoms with van der Waals surface area (Å²) in [6.07, 6.45) is 5.19. The van der Waals surface area contributed by atoms with E-state index in [0.29, 0.717) is 13.1 Å². The van der Waals surface area contributed by atoms with Crippen LogP contribution in [0.5, 0.6) is 11.5 Å². The molecule has 1 rings (SSSR count). The highest BCUT2D eigenvalue weighted by atomic mass is 16.3. The highest BCUT2D eigenvalue weighted by molar-refractivity contribution is 6.03. The van der Waals surface area contributed by atoms with Gasteiger partial charge in [-0.3, -0.25) is 4.79 Å². The van der Waals surface area contributed by atoms with Gasteiger partial charge in [0.15, 0.2) is 17.1 Å². The molecule has 0 aromatic heterocycles. The van der Waals surface area contributed by atoms with Crippen LogP contribution in [0.4, 0.5) is 0 Å². The number of carbonyl (C=O) groups excluding carboxylic acids is 1. The Kier molecular flexibility index (Phi) is 5.43. The van der Waals surface area contributed by atoms with Crippen molar-refractivity contribution < 1.29 is 20.1 Å². The minimum absolute atomic E-state index is 0.0275.